The second kappa shape index (κ2) is 5.70. The Labute approximate surface area is 116 Å². The standard InChI is InChI=1S/C15H14BrCl/c1-11(12-5-3-2-4-6-12)15(17)13-7-9-14(16)10-8-13/h2-11,15H,1H3. The van der Waals surface area contributed by atoms with Crippen LogP contribution in [0.5, 0.6) is 0 Å². The molecular formula is C15H14BrCl. The van der Waals surface area contributed by atoms with E-state index >= 15 is 0 Å². The van der Waals surface area contributed by atoms with Crippen LogP contribution in [0.1, 0.15) is 29.3 Å². The molecular weight excluding hydrogens is 296 g/mol. The maximum atomic E-state index is 6.53. The summed E-state index contributed by atoms with van der Waals surface area (Å²) in [5, 5.41) is 0.00509. The van der Waals surface area contributed by atoms with Gasteiger partial charge < -0.3 is 0 Å². The van der Waals surface area contributed by atoms with Gasteiger partial charge in [-0.3, -0.25) is 0 Å². The van der Waals surface area contributed by atoms with Crippen LogP contribution in [0.3, 0.4) is 0 Å². The van der Waals surface area contributed by atoms with Crippen LogP contribution in [-0.2, 0) is 0 Å². The third-order valence-electron chi connectivity index (χ3n) is 2.95. The van der Waals surface area contributed by atoms with Crippen LogP contribution in [-0.4, -0.2) is 0 Å². The second-order valence-electron chi connectivity index (χ2n) is 4.15. The summed E-state index contributed by atoms with van der Waals surface area (Å²) >= 11 is 9.96. The van der Waals surface area contributed by atoms with E-state index in [0.717, 1.165) is 10.0 Å². The van der Waals surface area contributed by atoms with E-state index in [4.69, 9.17) is 11.6 Å². The minimum atomic E-state index is 0.00509. The quantitative estimate of drug-likeness (QED) is 0.654. The first-order chi connectivity index (χ1) is 8.18. The Kier molecular flexibility index (Phi) is 4.25. The smallest absolute Gasteiger partial charge is 0.0651 e. The van der Waals surface area contributed by atoms with Gasteiger partial charge in [-0.25, -0.2) is 0 Å². The summed E-state index contributed by atoms with van der Waals surface area (Å²) in [6.45, 7) is 2.16. The minimum absolute atomic E-state index is 0.00509. The Hall–Kier alpha value is -0.790. The largest absolute Gasteiger partial charge is 0.117 e. The van der Waals surface area contributed by atoms with Crippen molar-refractivity contribution in [3.63, 3.8) is 0 Å². The van der Waals surface area contributed by atoms with Crippen LogP contribution < -0.4 is 0 Å². The minimum Gasteiger partial charge on any atom is -0.117 e. The van der Waals surface area contributed by atoms with Crippen molar-refractivity contribution in [3.8, 4) is 0 Å². The molecule has 0 saturated carbocycles. The fraction of sp³-hybridized carbons (Fsp3) is 0.200. The van der Waals surface area contributed by atoms with Gasteiger partial charge in [-0.15, -0.1) is 11.6 Å². The van der Waals surface area contributed by atoms with Crippen molar-refractivity contribution in [2.24, 2.45) is 0 Å². The van der Waals surface area contributed by atoms with Gasteiger partial charge in [-0.05, 0) is 23.3 Å². The molecule has 17 heavy (non-hydrogen) atoms. The number of halogens is 2. The van der Waals surface area contributed by atoms with E-state index in [-0.39, 0.29) is 5.38 Å². The normalized spacial score (nSPS) is 14.3. The molecule has 0 aliphatic carbocycles. The Balaban J connectivity index is 2.20. The van der Waals surface area contributed by atoms with Gasteiger partial charge in [0.25, 0.3) is 0 Å². The van der Waals surface area contributed by atoms with Gasteiger partial charge in [0.15, 0.2) is 0 Å². The monoisotopic (exact) mass is 308 g/mol. The highest BCUT2D eigenvalue weighted by molar-refractivity contribution is 9.10. The molecule has 2 rings (SSSR count). The molecule has 2 heteroatoms. The number of rotatable bonds is 3. The SMILES string of the molecule is CC(c1ccccc1)C(Cl)c1ccc(Br)cc1. The highest BCUT2D eigenvalue weighted by atomic mass is 79.9. The molecule has 0 fully saturated rings. The lowest BCUT2D eigenvalue weighted by Crippen LogP contribution is -2.02. The highest BCUT2D eigenvalue weighted by Crippen LogP contribution is 2.36. The number of hydrogen-bond donors (Lipinski definition) is 0. The van der Waals surface area contributed by atoms with Crippen molar-refractivity contribution >= 4 is 27.5 Å². The molecule has 0 N–H and O–H groups in total. The lowest BCUT2D eigenvalue weighted by atomic mass is 9.93. The first-order valence-corrected chi connectivity index (χ1v) is 6.86. The zero-order valence-electron chi connectivity index (χ0n) is 9.61. The molecule has 88 valence electrons. The zero-order chi connectivity index (χ0) is 12.3. The van der Waals surface area contributed by atoms with Gasteiger partial charge in [0.1, 0.15) is 0 Å². The Bertz CT molecular complexity index is 464. The molecule has 0 aromatic heterocycles. The van der Waals surface area contributed by atoms with E-state index in [9.17, 15) is 0 Å². The zero-order valence-corrected chi connectivity index (χ0v) is 11.9. The van der Waals surface area contributed by atoms with Crippen molar-refractivity contribution < 1.29 is 0 Å². The Morgan fingerprint density at radius 1 is 0.882 bits per heavy atom. The third-order valence-corrected chi connectivity index (χ3v) is 4.11. The fourth-order valence-electron chi connectivity index (χ4n) is 1.86. The molecule has 0 heterocycles. The third kappa shape index (κ3) is 3.11. The fourth-order valence-corrected chi connectivity index (χ4v) is 2.42. The van der Waals surface area contributed by atoms with Crippen molar-refractivity contribution in [2.45, 2.75) is 18.2 Å². The molecule has 0 aliphatic heterocycles. The average molecular weight is 310 g/mol. The summed E-state index contributed by atoms with van der Waals surface area (Å²) in [6, 6.07) is 18.6. The molecule has 0 bridgehead atoms. The van der Waals surface area contributed by atoms with Gasteiger partial charge in [0.05, 0.1) is 5.38 Å². The molecule has 0 amide bonds. The molecule has 2 atom stereocenters. The van der Waals surface area contributed by atoms with Crippen LogP contribution in [0.15, 0.2) is 59.1 Å². The van der Waals surface area contributed by atoms with Crippen molar-refractivity contribution in [3.05, 3.63) is 70.2 Å². The summed E-state index contributed by atoms with van der Waals surface area (Å²) < 4.78 is 1.08. The Morgan fingerprint density at radius 2 is 1.47 bits per heavy atom. The number of alkyl halides is 1. The van der Waals surface area contributed by atoms with Gasteiger partial charge in [0.2, 0.25) is 0 Å². The first kappa shape index (κ1) is 12.7. The predicted molar refractivity (Wildman–Crippen MR) is 77.6 cm³/mol. The number of hydrogen-bond acceptors (Lipinski definition) is 0. The summed E-state index contributed by atoms with van der Waals surface area (Å²) in [4.78, 5) is 0. The van der Waals surface area contributed by atoms with E-state index in [2.05, 4.69) is 59.3 Å². The molecule has 2 aromatic carbocycles. The summed E-state index contributed by atoms with van der Waals surface area (Å²) in [5.41, 5.74) is 2.43. The maximum absolute atomic E-state index is 6.53. The van der Waals surface area contributed by atoms with Gasteiger partial charge in [-0.1, -0.05) is 65.3 Å². The molecule has 0 nitrogen and oxygen atoms in total. The van der Waals surface area contributed by atoms with Crippen molar-refractivity contribution in [1.82, 2.24) is 0 Å². The first-order valence-electron chi connectivity index (χ1n) is 5.63. The molecule has 0 spiro atoms. The summed E-state index contributed by atoms with van der Waals surface area (Å²) in [6.07, 6.45) is 0. The summed E-state index contributed by atoms with van der Waals surface area (Å²) in [7, 11) is 0. The van der Waals surface area contributed by atoms with E-state index < -0.39 is 0 Å². The highest BCUT2D eigenvalue weighted by Gasteiger charge is 2.17. The maximum Gasteiger partial charge on any atom is 0.0651 e. The van der Waals surface area contributed by atoms with Crippen LogP contribution in [0.4, 0.5) is 0 Å². The van der Waals surface area contributed by atoms with Gasteiger partial charge >= 0.3 is 0 Å². The van der Waals surface area contributed by atoms with Crippen LogP contribution >= 0.6 is 27.5 Å². The lowest BCUT2D eigenvalue weighted by molar-refractivity contribution is 0.732. The van der Waals surface area contributed by atoms with E-state index in [1.165, 1.54) is 5.56 Å². The molecule has 2 aromatic rings. The summed E-state index contributed by atoms with van der Waals surface area (Å²) in [5.74, 6) is 0.305. The average Bonchev–Trinajstić information content (AvgIpc) is 2.39. The van der Waals surface area contributed by atoms with Crippen LogP contribution in [0, 0.1) is 0 Å². The van der Waals surface area contributed by atoms with Gasteiger partial charge in [-0.2, -0.15) is 0 Å². The van der Waals surface area contributed by atoms with Crippen LogP contribution in [0.2, 0.25) is 0 Å². The molecule has 0 radical (unpaired) electrons. The topological polar surface area (TPSA) is 0 Å². The Morgan fingerprint density at radius 3 is 2.06 bits per heavy atom. The van der Waals surface area contributed by atoms with Crippen LogP contribution in [0.25, 0.3) is 0 Å². The van der Waals surface area contributed by atoms with E-state index in [1.54, 1.807) is 0 Å². The van der Waals surface area contributed by atoms with Crippen molar-refractivity contribution in [1.29, 1.82) is 0 Å². The van der Waals surface area contributed by atoms with E-state index in [1.807, 2.05) is 18.2 Å². The predicted octanol–water partition coefficient (Wildman–Crippen LogP) is 5.53. The molecule has 2 unspecified atom stereocenters. The molecule has 0 saturated heterocycles. The van der Waals surface area contributed by atoms with Crippen molar-refractivity contribution in [2.75, 3.05) is 0 Å². The van der Waals surface area contributed by atoms with E-state index in [0.29, 0.717) is 5.92 Å². The lowest BCUT2D eigenvalue weighted by Gasteiger charge is -2.18. The van der Waals surface area contributed by atoms with Gasteiger partial charge in [0, 0.05) is 10.4 Å². The molecule has 0 aliphatic rings. The second-order valence-corrected chi connectivity index (χ2v) is 5.54. The number of benzene rings is 2.